The molecule has 0 radical (unpaired) electrons. The van der Waals surface area contributed by atoms with Gasteiger partial charge in [0.05, 0.1) is 11.3 Å². The quantitative estimate of drug-likeness (QED) is 0.136. The summed E-state index contributed by atoms with van der Waals surface area (Å²) in [6.07, 6.45) is 0.108. The summed E-state index contributed by atoms with van der Waals surface area (Å²) in [5.74, 6) is -1.48. The second kappa shape index (κ2) is 14.7. The van der Waals surface area contributed by atoms with Crippen LogP contribution in [0.5, 0.6) is 0 Å². The predicted molar refractivity (Wildman–Crippen MR) is 120 cm³/mol. The fourth-order valence-corrected chi connectivity index (χ4v) is 3.21. The average molecular weight is 568 g/mol. The Morgan fingerprint density at radius 3 is 2.00 bits per heavy atom. The summed E-state index contributed by atoms with van der Waals surface area (Å²) in [6, 6.07) is 0.528. The van der Waals surface area contributed by atoms with Crippen LogP contribution in [0.4, 0.5) is 32.0 Å². The first-order valence-corrected chi connectivity index (χ1v) is 11.6. The van der Waals surface area contributed by atoms with Crippen LogP contribution in [0.3, 0.4) is 0 Å². The van der Waals surface area contributed by atoms with Gasteiger partial charge in [-0.2, -0.15) is 26.3 Å². The van der Waals surface area contributed by atoms with E-state index in [1.807, 2.05) is 0 Å². The Labute approximate surface area is 203 Å². The number of nitrogens with zero attached hydrogens (tertiary/aromatic N) is 1. The number of carboxylic acid groups (broad SMARTS) is 1. The molecule has 6 nitrogen and oxygen atoms in total. The topological polar surface area (TPSA) is 108 Å². The summed E-state index contributed by atoms with van der Waals surface area (Å²) in [5, 5.41) is 20.4. The molecule has 0 unspecified atom stereocenters. The van der Waals surface area contributed by atoms with Gasteiger partial charge in [-0.15, -0.1) is 0 Å². The van der Waals surface area contributed by atoms with Crippen molar-refractivity contribution < 1.29 is 41.4 Å². The second-order valence-electron chi connectivity index (χ2n) is 7.99. The number of aromatic carboxylic acids is 1. The summed E-state index contributed by atoms with van der Waals surface area (Å²) in [5.41, 5.74) is 0.240. The van der Waals surface area contributed by atoms with Crippen molar-refractivity contribution in [2.24, 2.45) is 0 Å². The van der Waals surface area contributed by atoms with Crippen molar-refractivity contribution in [1.82, 2.24) is 10.3 Å². The molecule has 13 heteroatoms. The number of nitrogen functional groups attached to an aromatic ring is 1. The van der Waals surface area contributed by atoms with Crippen molar-refractivity contribution in [1.29, 1.82) is 0 Å². The molecule has 0 saturated carbocycles. The minimum Gasteiger partial charge on any atom is -0.476 e. The largest absolute Gasteiger partial charge is 0.476 e. The number of hydrogen-bond acceptors (Lipinski definition) is 5. The number of hydrogen-bond donors (Lipinski definition) is 4. The normalized spacial score (nSPS) is 13.7. The highest BCUT2D eigenvalue weighted by Gasteiger charge is 2.49. The number of alkyl halides is 6. The molecule has 0 amide bonds. The highest BCUT2D eigenvalue weighted by molar-refractivity contribution is 9.10. The Kier molecular flexibility index (Phi) is 14.0. The van der Waals surface area contributed by atoms with Crippen LogP contribution >= 0.6 is 15.9 Å². The summed E-state index contributed by atoms with van der Waals surface area (Å²) >= 11 is 2.54. The third-order valence-corrected chi connectivity index (χ3v) is 5.40. The van der Waals surface area contributed by atoms with Crippen molar-refractivity contribution >= 4 is 27.6 Å². The molecule has 0 aliphatic rings. The predicted octanol–water partition coefficient (Wildman–Crippen LogP) is 6.17. The Morgan fingerprint density at radius 1 is 1.06 bits per heavy atom. The molecule has 1 aromatic heterocycles. The van der Waals surface area contributed by atoms with Crippen molar-refractivity contribution in [2.75, 3.05) is 18.8 Å². The molecule has 0 fully saturated rings. The van der Waals surface area contributed by atoms with Crippen molar-refractivity contribution in [2.45, 2.75) is 83.2 Å². The van der Waals surface area contributed by atoms with Gasteiger partial charge in [0.1, 0.15) is 4.60 Å². The number of nitrogens with one attached hydrogen (secondary N) is 1. The van der Waals surface area contributed by atoms with Crippen LogP contribution in [0.25, 0.3) is 0 Å². The van der Waals surface area contributed by atoms with Crippen molar-refractivity contribution in [3.8, 4) is 0 Å². The van der Waals surface area contributed by atoms with E-state index in [0.29, 0.717) is 12.6 Å². The van der Waals surface area contributed by atoms with Crippen molar-refractivity contribution in [3.63, 3.8) is 0 Å². The molecule has 1 atom stereocenters. The van der Waals surface area contributed by atoms with E-state index >= 15 is 0 Å². The molecule has 0 bridgehead atoms. The standard InChI is InChI=1S/C14H28F3NO.C7H4BrF3N2O2/c1-3-4-5-6-7-8-9-10-11-18-12-13(2,19)14(15,16)17;8-5-2(7(9,10)11)1-3(12)4(13-5)6(14)15/h18-19H,3-12H2,1-2H3;1H,12H2,(H,14,15)/t13-;/m1./s1. The third kappa shape index (κ3) is 12.2. The molecule has 0 aliphatic carbocycles. The van der Waals surface area contributed by atoms with Gasteiger partial charge >= 0.3 is 18.3 Å². The Hall–Kier alpha value is -1.60. The molecule has 1 heterocycles. The van der Waals surface area contributed by atoms with Crippen LogP contribution in [-0.4, -0.2) is 46.0 Å². The number of carboxylic acids is 1. The Morgan fingerprint density at radius 2 is 1.56 bits per heavy atom. The summed E-state index contributed by atoms with van der Waals surface area (Å²) < 4.78 is 73.2. The molecule has 5 N–H and O–H groups in total. The molecule has 0 spiro atoms. The zero-order chi connectivity index (χ0) is 26.6. The zero-order valence-electron chi connectivity index (χ0n) is 19.1. The lowest BCUT2D eigenvalue weighted by Gasteiger charge is -2.26. The number of pyridine rings is 1. The zero-order valence-corrected chi connectivity index (χ0v) is 20.7. The lowest BCUT2D eigenvalue weighted by atomic mass is 10.1. The molecule has 0 saturated heterocycles. The van der Waals surface area contributed by atoms with E-state index in [2.05, 4.69) is 33.2 Å². The molecule has 1 aromatic rings. The lowest BCUT2D eigenvalue weighted by molar-refractivity contribution is -0.250. The molecule has 198 valence electrons. The Bertz CT molecular complexity index is 758. The minimum atomic E-state index is -4.63. The van der Waals surface area contributed by atoms with Gasteiger partial charge in [-0.1, -0.05) is 51.9 Å². The fraction of sp³-hybridized carbons (Fsp3) is 0.714. The minimum absolute atomic E-state index is 0.438. The number of anilines is 1. The first-order valence-electron chi connectivity index (χ1n) is 10.8. The average Bonchev–Trinajstić information content (AvgIpc) is 2.69. The molecular formula is C21H32BrF6N3O3. The van der Waals surface area contributed by atoms with E-state index in [9.17, 15) is 36.2 Å². The number of nitrogens with two attached hydrogens (primary N) is 1. The van der Waals surface area contributed by atoms with Gasteiger partial charge in [-0.05, 0) is 41.9 Å². The summed E-state index contributed by atoms with van der Waals surface area (Å²) in [7, 11) is 0. The van der Waals surface area contributed by atoms with Gasteiger partial charge in [-0.25, -0.2) is 9.78 Å². The molecule has 34 heavy (non-hydrogen) atoms. The SMILES string of the molecule is CCCCCCCCCCNC[C@@](C)(O)C(F)(F)F.Nc1cc(C(F)(F)F)c(Br)nc1C(=O)O. The Balaban J connectivity index is 0.000000657. The first-order chi connectivity index (χ1) is 15.5. The number of aromatic nitrogens is 1. The van der Waals surface area contributed by atoms with Gasteiger partial charge in [-0.3, -0.25) is 0 Å². The lowest BCUT2D eigenvalue weighted by Crippen LogP contribution is -2.50. The maximum Gasteiger partial charge on any atom is 0.419 e. The second-order valence-corrected chi connectivity index (χ2v) is 8.74. The fourth-order valence-electron chi connectivity index (χ4n) is 2.69. The molecular weight excluding hydrogens is 536 g/mol. The van der Waals surface area contributed by atoms with Gasteiger partial charge in [0.25, 0.3) is 0 Å². The monoisotopic (exact) mass is 567 g/mol. The number of rotatable bonds is 12. The smallest absolute Gasteiger partial charge is 0.419 e. The number of carbonyl (C=O) groups is 1. The van der Waals surface area contributed by atoms with Crippen molar-refractivity contribution in [3.05, 3.63) is 21.9 Å². The van der Waals surface area contributed by atoms with Gasteiger partial charge < -0.3 is 21.3 Å². The van der Waals surface area contributed by atoms with E-state index in [0.717, 1.165) is 26.2 Å². The number of aliphatic hydroxyl groups is 1. The van der Waals surface area contributed by atoms with E-state index in [-0.39, 0.29) is 0 Å². The maximum absolute atomic E-state index is 12.3. The van der Waals surface area contributed by atoms with E-state index in [1.165, 1.54) is 32.1 Å². The van der Waals surface area contributed by atoms with Crippen LogP contribution in [-0.2, 0) is 6.18 Å². The van der Waals surface area contributed by atoms with Gasteiger partial charge in [0, 0.05) is 6.54 Å². The van der Waals surface area contributed by atoms with E-state index in [4.69, 9.17) is 10.8 Å². The summed E-state index contributed by atoms with van der Waals surface area (Å²) in [4.78, 5) is 13.7. The van der Waals surface area contributed by atoms with Crippen LogP contribution < -0.4 is 11.1 Å². The first kappa shape index (κ1) is 32.4. The maximum atomic E-state index is 12.3. The molecule has 0 aromatic carbocycles. The molecule has 1 rings (SSSR count). The van der Waals surface area contributed by atoms with E-state index < -0.39 is 52.0 Å². The highest BCUT2D eigenvalue weighted by atomic mass is 79.9. The summed E-state index contributed by atoms with van der Waals surface area (Å²) in [6.45, 7) is 3.07. The van der Waals surface area contributed by atoms with Gasteiger partial charge in [0.15, 0.2) is 11.3 Å². The third-order valence-electron chi connectivity index (χ3n) is 4.80. The van der Waals surface area contributed by atoms with Crippen LogP contribution in [0.2, 0.25) is 0 Å². The van der Waals surface area contributed by atoms with Gasteiger partial charge in [0.2, 0.25) is 0 Å². The highest BCUT2D eigenvalue weighted by Crippen LogP contribution is 2.35. The number of halogens is 7. The molecule has 0 aliphatic heterocycles. The van der Waals surface area contributed by atoms with Crippen LogP contribution in [0.1, 0.15) is 81.3 Å². The van der Waals surface area contributed by atoms with Crippen LogP contribution in [0, 0.1) is 0 Å². The number of unbranched alkanes of at least 4 members (excludes halogenated alkanes) is 7. The van der Waals surface area contributed by atoms with Crippen LogP contribution in [0.15, 0.2) is 10.7 Å². The van der Waals surface area contributed by atoms with E-state index in [1.54, 1.807) is 0 Å².